The highest BCUT2D eigenvalue weighted by Gasteiger charge is 2.35. The van der Waals surface area contributed by atoms with Crippen molar-refractivity contribution >= 4 is 0 Å². The highest BCUT2D eigenvalue weighted by molar-refractivity contribution is 5.35. The van der Waals surface area contributed by atoms with Crippen LogP contribution in [0.25, 0.3) is 0 Å². The lowest BCUT2D eigenvalue weighted by Gasteiger charge is -2.28. The van der Waals surface area contributed by atoms with Gasteiger partial charge in [0.1, 0.15) is 11.9 Å². The van der Waals surface area contributed by atoms with Gasteiger partial charge >= 0.3 is 6.18 Å². The molecule has 1 aromatic carbocycles. The van der Waals surface area contributed by atoms with Crippen LogP contribution in [0.1, 0.15) is 31.2 Å². The molecular formula is C13H16F3NO. The molecule has 5 heteroatoms. The Morgan fingerprint density at radius 2 is 1.89 bits per heavy atom. The number of hydrogen-bond acceptors (Lipinski definition) is 2. The number of ether oxygens (including phenoxy) is 1. The quantitative estimate of drug-likeness (QED) is 0.884. The van der Waals surface area contributed by atoms with Gasteiger partial charge in [-0.25, -0.2) is 0 Å². The third kappa shape index (κ3) is 3.16. The van der Waals surface area contributed by atoms with E-state index >= 15 is 0 Å². The Morgan fingerprint density at radius 3 is 2.56 bits per heavy atom. The Hall–Kier alpha value is -1.23. The molecule has 0 saturated heterocycles. The van der Waals surface area contributed by atoms with Gasteiger partial charge in [0.2, 0.25) is 0 Å². The van der Waals surface area contributed by atoms with Crippen molar-refractivity contribution in [2.24, 2.45) is 5.73 Å². The molecule has 100 valence electrons. The molecule has 2 atom stereocenters. The van der Waals surface area contributed by atoms with E-state index in [0.717, 1.165) is 25.3 Å². The molecule has 2 N–H and O–H groups in total. The third-order valence-corrected chi connectivity index (χ3v) is 3.15. The van der Waals surface area contributed by atoms with E-state index in [0.29, 0.717) is 6.42 Å². The van der Waals surface area contributed by atoms with Gasteiger partial charge in [-0.2, -0.15) is 13.2 Å². The highest BCUT2D eigenvalue weighted by Crippen LogP contribution is 2.37. The summed E-state index contributed by atoms with van der Waals surface area (Å²) >= 11 is 0. The minimum absolute atomic E-state index is 0.0294. The van der Waals surface area contributed by atoms with Crippen molar-refractivity contribution in [2.75, 3.05) is 0 Å². The van der Waals surface area contributed by atoms with Gasteiger partial charge in [-0.05, 0) is 37.8 Å². The van der Waals surface area contributed by atoms with Crippen molar-refractivity contribution in [3.8, 4) is 5.75 Å². The van der Waals surface area contributed by atoms with Crippen LogP contribution >= 0.6 is 0 Å². The topological polar surface area (TPSA) is 35.2 Å². The largest absolute Gasteiger partial charge is 0.490 e. The van der Waals surface area contributed by atoms with Gasteiger partial charge in [0.05, 0.1) is 5.56 Å². The second kappa shape index (κ2) is 5.18. The summed E-state index contributed by atoms with van der Waals surface area (Å²) in [5.41, 5.74) is 5.08. The molecule has 0 bridgehead atoms. The Bertz CT molecular complexity index is 405. The molecule has 2 unspecified atom stereocenters. The zero-order valence-corrected chi connectivity index (χ0v) is 9.91. The van der Waals surface area contributed by atoms with Gasteiger partial charge in [-0.1, -0.05) is 12.1 Å². The Balaban J connectivity index is 2.13. The fourth-order valence-corrected chi connectivity index (χ4v) is 2.27. The van der Waals surface area contributed by atoms with E-state index < -0.39 is 11.7 Å². The summed E-state index contributed by atoms with van der Waals surface area (Å²) in [6.07, 6.45) is -1.39. The van der Waals surface area contributed by atoms with E-state index in [9.17, 15) is 13.2 Å². The summed E-state index contributed by atoms with van der Waals surface area (Å²) in [4.78, 5) is 0. The Morgan fingerprint density at radius 1 is 1.17 bits per heavy atom. The number of benzene rings is 1. The van der Waals surface area contributed by atoms with Gasteiger partial charge in [0.25, 0.3) is 0 Å². The molecule has 0 radical (unpaired) electrons. The summed E-state index contributed by atoms with van der Waals surface area (Å²) < 4.78 is 43.8. The van der Waals surface area contributed by atoms with Crippen LogP contribution < -0.4 is 10.5 Å². The molecule has 1 fully saturated rings. The van der Waals surface area contributed by atoms with Crippen molar-refractivity contribution in [2.45, 2.75) is 44.0 Å². The van der Waals surface area contributed by atoms with Crippen LogP contribution in [0.3, 0.4) is 0 Å². The number of nitrogens with two attached hydrogens (primary N) is 1. The molecule has 1 saturated carbocycles. The minimum atomic E-state index is -4.38. The summed E-state index contributed by atoms with van der Waals surface area (Å²) in [7, 11) is 0. The van der Waals surface area contributed by atoms with E-state index in [2.05, 4.69) is 0 Å². The van der Waals surface area contributed by atoms with Crippen LogP contribution in [0.2, 0.25) is 0 Å². The predicted octanol–water partition coefficient (Wildman–Crippen LogP) is 3.35. The van der Waals surface area contributed by atoms with Crippen molar-refractivity contribution in [1.82, 2.24) is 0 Å². The second-order valence-corrected chi connectivity index (χ2v) is 4.66. The summed E-state index contributed by atoms with van der Waals surface area (Å²) in [6.45, 7) is 0. The van der Waals surface area contributed by atoms with Crippen LogP contribution in [0.15, 0.2) is 24.3 Å². The lowest BCUT2D eigenvalue weighted by Crippen LogP contribution is -2.34. The summed E-state index contributed by atoms with van der Waals surface area (Å²) in [5.74, 6) is -0.0934. The maximum Gasteiger partial charge on any atom is 0.419 e. The van der Waals surface area contributed by atoms with Crippen LogP contribution in [0.4, 0.5) is 13.2 Å². The first kappa shape index (κ1) is 13.2. The first-order valence-electron chi connectivity index (χ1n) is 6.05. The van der Waals surface area contributed by atoms with E-state index in [1.807, 2.05) is 0 Å². The molecule has 1 aliphatic rings. The van der Waals surface area contributed by atoms with Crippen LogP contribution in [-0.4, -0.2) is 12.1 Å². The molecule has 0 amide bonds. The zero-order valence-electron chi connectivity index (χ0n) is 9.91. The Kier molecular flexibility index (Phi) is 3.80. The molecule has 0 aliphatic heterocycles. The lowest BCUT2D eigenvalue weighted by molar-refractivity contribution is -0.139. The Labute approximate surface area is 104 Å². The number of halogens is 3. The van der Waals surface area contributed by atoms with E-state index in [1.165, 1.54) is 12.1 Å². The first-order valence-corrected chi connectivity index (χ1v) is 6.05. The van der Waals surface area contributed by atoms with Gasteiger partial charge < -0.3 is 10.5 Å². The molecule has 2 rings (SSSR count). The summed E-state index contributed by atoms with van der Waals surface area (Å²) in [5, 5.41) is 0. The fraction of sp³-hybridized carbons (Fsp3) is 0.538. The number of para-hydroxylation sites is 1. The van der Waals surface area contributed by atoms with Crippen molar-refractivity contribution in [3.05, 3.63) is 29.8 Å². The molecule has 0 heterocycles. The second-order valence-electron chi connectivity index (χ2n) is 4.66. The monoisotopic (exact) mass is 259 g/mol. The van der Waals surface area contributed by atoms with Gasteiger partial charge in [0, 0.05) is 6.04 Å². The molecule has 2 nitrogen and oxygen atoms in total. The average Bonchev–Trinajstić information content (AvgIpc) is 2.28. The smallest absolute Gasteiger partial charge is 0.419 e. The van der Waals surface area contributed by atoms with Crippen molar-refractivity contribution in [1.29, 1.82) is 0 Å². The molecule has 1 aromatic rings. The normalized spacial score (nSPS) is 24.9. The number of alkyl halides is 3. The van der Waals surface area contributed by atoms with E-state index in [-0.39, 0.29) is 17.9 Å². The molecule has 18 heavy (non-hydrogen) atoms. The van der Waals surface area contributed by atoms with Crippen LogP contribution in [-0.2, 0) is 6.18 Å². The first-order chi connectivity index (χ1) is 8.47. The van der Waals surface area contributed by atoms with Gasteiger partial charge in [-0.15, -0.1) is 0 Å². The molecule has 0 aromatic heterocycles. The van der Waals surface area contributed by atoms with Gasteiger partial charge in [-0.3, -0.25) is 0 Å². The lowest BCUT2D eigenvalue weighted by atomic mass is 9.93. The van der Waals surface area contributed by atoms with Crippen molar-refractivity contribution < 1.29 is 17.9 Å². The average molecular weight is 259 g/mol. The predicted molar refractivity (Wildman–Crippen MR) is 62.3 cm³/mol. The maximum atomic E-state index is 12.8. The van der Waals surface area contributed by atoms with E-state index in [1.54, 1.807) is 6.07 Å². The van der Waals surface area contributed by atoms with Gasteiger partial charge in [0.15, 0.2) is 0 Å². The molecular weight excluding hydrogens is 243 g/mol. The van der Waals surface area contributed by atoms with Crippen LogP contribution in [0.5, 0.6) is 5.75 Å². The maximum absolute atomic E-state index is 12.8. The number of rotatable bonds is 2. The fourth-order valence-electron chi connectivity index (χ4n) is 2.27. The standard InChI is InChI=1S/C13H16F3NO/c14-13(15,16)11-6-1-2-7-12(11)18-10-5-3-4-9(17)8-10/h1-2,6-7,9-10H,3-5,8,17H2. The summed E-state index contributed by atoms with van der Waals surface area (Å²) in [6, 6.07) is 5.35. The van der Waals surface area contributed by atoms with Crippen LogP contribution in [0, 0.1) is 0 Å². The van der Waals surface area contributed by atoms with Crippen molar-refractivity contribution in [3.63, 3.8) is 0 Å². The molecule has 1 aliphatic carbocycles. The number of hydrogen-bond donors (Lipinski definition) is 1. The minimum Gasteiger partial charge on any atom is -0.490 e. The SMILES string of the molecule is NC1CCCC(Oc2ccccc2C(F)(F)F)C1. The highest BCUT2D eigenvalue weighted by atomic mass is 19.4. The third-order valence-electron chi connectivity index (χ3n) is 3.15. The van der Waals surface area contributed by atoms with E-state index in [4.69, 9.17) is 10.5 Å². The zero-order chi connectivity index (χ0) is 13.2. The molecule has 0 spiro atoms.